The maximum Gasteiger partial charge on any atom is 0.344 e. The summed E-state index contributed by atoms with van der Waals surface area (Å²) in [7, 11) is 0. The molecule has 138 valence electrons. The highest BCUT2D eigenvalue weighted by atomic mass is 32.2. The van der Waals surface area contributed by atoms with Crippen LogP contribution in [0, 0.1) is 6.92 Å². The molecule has 2 aromatic carbocycles. The number of aliphatic hydroxyl groups excluding tert-OH is 1. The molecule has 1 aliphatic heterocycles. The van der Waals surface area contributed by atoms with Crippen molar-refractivity contribution in [1.29, 1.82) is 0 Å². The SMILES string of the molecule is CCOC(=O)C1=C(O)/C(=C/c2cccc(O)c2)SC1=Nc1ccc(C)cc1. The fourth-order valence-corrected chi connectivity index (χ4v) is 3.53. The molecule has 0 spiro atoms. The molecule has 0 atom stereocenters. The predicted molar refractivity (Wildman–Crippen MR) is 108 cm³/mol. The Hall–Kier alpha value is -2.99. The summed E-state index contributed by atoms with van der Waals surface area (Å²) < 4.78 is 5.08. The standard InChI is InChI=1S/C21H19NO4S/c1-3-26-21(25)18-19(24)17(12-14-5-4-6-16(23)11-14)27-20(18)22-15-9-7-13(2)8-10-15/h4-12,23-24H,3H2,1-2H3/b17-12-,22-20?. The Labute approximate surface area is 161 Å². The van der Waals surface area contributed by atoms with Gasteiger partial charge >= 0.3 is 5.97 Å². The van der Waals surface area contributed by atoms with Gasteiger partial charge in [-0.2, -0.15) is 0 Å². The van der Waals surface area contributed by atoms with Crippen LogP contribution in [0.3, 0.4) is 0 Å². The van der Waals surface area contributed by atoms with Crippen molar-refractivity contribution < 1.29 is 19.7 Å². The van der Waals surface area contributed by atoms with Crippen molar-refractivity contribution in [2.24, 2.45) is 4.99 Å². The summed E-state index contributed by atoms with van der Waals surface area (Å²) in [5.74, 6) is -0.671. The molecule has 3 rings (SSSR count). The summed E-state index contributed by atoms with van der Waals surface area (Å²) in [6.07, 6.45) is 1.69. The van der Waals surface area contributed by atoms with Gasteiger partial charge in [0, 0.05) is 0 Å². The van der Waals surface area contributed by atoms with Crippen molar-refractivity contribution in [3.63, 3.8) is 0 Å². The van der Waals surface area contributed by atoms with E-state index in [4.69, 9.17) is 4.74 Å². The highest BCUT2D eigenvalue weighted by Crippen LogP contribution is 2.40. The van der Waals surface area contributed by atoms with E-state index in [1.165, 1.54) is 11.8 Å². The summed E-state index contributed by atoms with van der Waals surface area (Å²) in [6, 6.07) is 14.2. The van der Waals surface area contributed by atoms with E-state index in [0.717, 1.165) is 5.56 Å². The van der Waals surface area contributed by atoms with E-state index >= 15 is 0 Å². The molecule has 1 heterocycles. The van der Waals surface area contributed by atoms with Gasteiger partial charge in [0.05, 0.1) is 17.2 Å². The third-order valence-corrected chi connectivity index (χ3v) is 4.82. The van der Waals surface area contributed by atoms with Crippen molar-refractivity contribution in [2.75, 3.05) is 6.61 Å². The number of aliphatic imine (C=N–C) groups is 1. The van der Waals surface area contributed by atoms with Gasteiger partial charge in [-0.25, -0.2) is 9.79 Å². The Morgan fingerprint density at radius 3 is 2.59 bits per heavy atom. The van der Waals surface area contributed by atoms with Crippen molar-refractivity contribution in [3.8, 4) is 5.75 Å². The van der Waals surface area contributed by atoms with E-state index < -0.39 is 5.97 Å². The number of phenols is 1. The number of esters is 1. The molecule has 2 aromatic rings. The van der Waals surface area contributed by atoms with Crippen LogP contribution in [0.25, 0.3) is 6.08 Å². The lowest BCUT2D eigenvalue weighted by atomic mass is 10.1. The molecule has 2 N–H and O–H groups in total. The number of ether oxygens (including phenoxy) is 1. The largest absolute Gasteiger partial charge is 0.508 e. The normalized spacial score (nSPS) is 17.0. The summed E-state index contributed by atoms with van der Waals surface area (Å²) in [6.45, 7) is 3.88. The van der Waals surface area contributed by atoms with Crippen LogP contribution in [-0.2, 0) is 9.53 Å². The van der Waals surface area contributed by atoms with Crippen LogP contribution in [0.4, 0.5) is 5.69 Å². The summed E-state index contributed by atoms with van der Waals surface area (Å²) >= 11 is 1.19. The highest BCUT2D eigenvalue weighted by Gasteiger charge is 2.33. The van der Waals surface area contributed by atoms with E-state index in [1.807, 2.05) is 31.2 Å². The zero-order valence-electron chi connectivity index (χ0n) is 15.0. The van der Waals surface area contributed by atoms with Gasteiger partial charge in [-0.05, 0) is 49.8 Å². The lowest BCUT2D eigenvalue weighted by Gasteiger charge is -2.04. The first-order valence-corrected chi connectivity index (χ1v) is 9.24. The minimum atomic E-state index is -0.618. The Bertz CT molecular complexity index is 958. The average Bonchev–Trinajstić information content (AvgIpc) is 2.92. The number of aromatic hydroxyl groups is 1. The molecular weight excluding hydrogens is 362 g/mol. The third-order valence-electron chi connectivity index (χ3n) is 3.80. The minimum Gasteiger partial charge on any atom is -0.508 e. The van der Waals surface area contributed by atoms with Gasteiger partial charge in [0.25, 0.3) is 0 Å². The number of nitrogens with zero attached hydrogens (tertiary/aromatic N) is 1. The second-order valence-corrected chi connectivity index (χ2v) is 6.93. The van der Waals surface area contributed by atoms with E-state index in [1.54, 1.807) is 37.3 Å². The first-order chi connectivity index (χ1) is 13.0. The monoisotopic (exact) mass is 381 g/mol. The first kappa shape index (κ1) is 18.8. The van der Waals surface area contributed by atoms with Crippen molar-refractivity contribution in [3.05, 3.63) is 75.9 Å². The number of aryl methyl sites for hydroxylation is 1. The number of phenolic OH excluding ortho intramolecular Hbond substituents is 1. The van der Waals surface area contributed by atoms with Gasteiger partial charge < -0.3 is 14.9 Å². The molecule has 0 fully saturated rings. The van der Waals surface area contributed by atoms with E-state index in [-0.39, 0.29) is 23.7 Å². The van der Waals surface area contributed by atoms with Gasteiger partial charge in [0.15, 0.2) is 0 Å². The molecular formula is C21H19NO4S. The Morgan fingerprint density at radius 2 is 1.93 bits per heavy atom. The molecule has 27 heavy (non-hydrogen) atoms. The van der Waals surface area contributed by atoms with Gasteiger partial charge in [-0.15, -0.1) is 0 Å². The molecule has 6 heteroatoms. The molecule has 0 bridgehead atoms. The minimum absolute atomic E-state index is 0.0498. The van der Waals surface area contributed by atoms with E-state index in [9.17, 15) is 15.0 Å². The van der Waals surface area contributed by atoms with Crippen molar-refractivity contribution >= 4 is 34.5 Å². The molecule has 0 unspecified atom stereocenters. The molecule has 5 nitrogen and oxygen atoms in total. The Balaban J connectivity index is 2.03. The van der Waals surface area contributed by atoms with Crippen LogP contribution in [0.15, 0.2) is 69.8 Å². The molecule has 0 saturated carbocycles. The van der Waals surface area contributed by atoms with E-state index in [2.05, 4.69) is 4.99 Å². The number of rotatable bonds is 4. The quantitative estimate of drug-likeness (QED) is 0.737. The fourth-order valence-electron chi connectivity index (χ4n) is 2.49. The van der Waals surface area contributed by atoms with Gasteiger partial charge in [-0.1, -0.05) is 41.6 Å². The highest BCUT2D eigenvalue weighted by molar-refractivity contribution is 8.18. The number of benzene rings is 2. The second kappa shape index (κ2) is 8.14. The number of aliphatic hydroxyl groups is 1. The van der Waals surface area contributed by atoms with Crippen LogP contribution in [-0.4, -0.2) is 27.8 Å². The average molecular weight is 381 g/mol. The van der Waals surface area contributed by atoms with Crippen molar-refractivity contribution in [2.45, 2.75) is 13.8 Å². The van der Waals surface area contributed by atoms with Crippen LogP contribution >= 0.6 is 11.8 Å². The molecule has 0 aliphatic carbocycles. The molecule has 0 amide bonds. The summed E-state index contributed by atoms with van der Waals surface area (Å²) in [5, 5.41) is 20.6. The number of hydrogen-bond acceptors (Lipinski definition) is 6. The molecule has 0 radical (unpaired) electrons. The topological polar surface area (TPSA) is 79.1 Å². The van der Waals surface area contributed by atoms with E-state index in [0.29, 0.717) is 21.2 Å². The van der Waals surface area contributed by atoms with Gasteiger partial charge in [-0.3, -0.25) is 0 Å². The second-order valence-electron chi connectivity index (χ2n) is 5.90. The Kier molecular flexibility index (Phi) is 5.66. The van der Waals surface area contributed by atoms with Crippen molar-refractivity contribution in [1.82, 2.24) is 0 Å². The number of thioether (sulfide) groups is 1. The fraction of sp³-hybridized carbons (Fsp3) is 0.143. The molecule has 0 aromatic heterocycles. The zero-order valence-corrected chi connectivity index (χ0v) is 15.8. The van der Waals surface area contributed by atoms with Gasteiger partial charge in [0.1, 0.15) is 22.1 Å². The maximum atomic E-state index is 12.4. The smallest absolute Gasteiger partial charge is 0.344 e. The van der Waals surface area contributed by atoms with Gasteiger partial charge in [0.2, 0.25) is 0 Å². The summed E-state index contributed by atoms with van der Waals surface area (Å²) in [5.41, 5.74) is 2.53. The maximum absolute atomic E-state index is 12.4. The number of hydrogen-bond donors (Lipinski definition) is 2. The van der Waals surface area contributed by atoms with Crippen LogP contribution in [0.2, 0.25) is 0 Å². The molecule has 0 saturated heterocycles. The molecule has 1 aliphatic rings. The van der Waals surface area contributed by atoms with Crippen LogP contribution < -0.4 is 0 Å². The predicted octanol–water partition coefficient (Wildman–Crippen LogP) is 4.89. The third kappa shape index (κ3) is 4.41. The first-order valence-electron chi connectivity index (χ1n) is 8.43. The number of carbonyl (C=O) groups is 1. The van der Waals surface area contributed by atoms with Crippen LogP contribution in [0.1, 0.15) is 18.1 Å². The van der Waals surface area contributed by atoms with Crippen LogP contribution in [0.5, 0.6) is 5.75 Å². The summed E-state index contributed by atoms with van der Waals surface area (Å²) in [4.78, 5) is 17.3. The zero-order chi connectivity index (χ0) is 19.4. The lowest BCUT2D eigenvalue weighted by molar-refractivity contribution is -0.138. The lowest BCUT2D eigenvalue weighted by Crippen LogP contribution is -2.12. The Morgan fingerprint density at radius 1 is 1.19 bits per heavy atom. The number of carbonyl (C=O) groups excluding carboxylic acids is 1.